The zero-order valence-corrected chi connectivity index (χ0v) is 11.8. The minimum atomic E-state index is 0.182. The molecule has 0 bridgehead atoms. The Morgan fingerprint density at radius 1 is 1.42 bits per heavy atom. The number of hydrogen-bond acceptors (Lipinski definition) is 3. The first-order chi connectivity index (χ1) is 9.24. The standard InChI is InChI=1S/C16H25NO2/c1-2-8-17-12-16(7-4-9-19-13-16)11-14-5-3-6-15(18)10-14/h3,5-6,10,17-18H,2,4,7-9,11-13H2,1H3. The van der Waals surface area contributed by atoms with E-state index in [1.54, 1.807) is 6.07 Å². The van der Waals surface area contributed by atoms with Crippen LogP contribution >= 0.6 is 0 Å². The van der Waals surface area contributed by atoms with Crippen molar-refractivity contribution in [2.45, 2.75) is 32.6 Å². The average molecular weight is 263 g/mol. The predicted octanol–water partition coefficient (Wildman–Crippen LogP) is 2.73. The van der Waals surface area contributed by atoms with E-state index >= 15 is 0 Å². The lowest BCUT2D eigenvalue weighted by atomic mass is 9.77. The SMILES string of the molecule is CCCNCC1(Cc2cccc(O)c2)CCCOC1. The van der Waals surface area contributed by atoms with Gasteiger partial charge in [-0.05, 0) is 49.9 Å². The summed E-state index contributed by atoms with van der Waals surface area (Å²) in [4.78, 5) is 0. The van der Waals surface area contributed by atoms with E-state index in [1.165, 1.54) is 12.0 Å². The lowest BCUT2D eigenvalue weighted by Crippen LogP contribution is -2.43. The third kappa shape index (κ3) is 4.22. The maximum Gasteiger partial charge on any atom is 0.115 e. The van der Waals surface area contributed by atoms with Crippen molar-refractivity contribution in [2.24, 2.45) is 5.41 Å². The van der Waals surface area contributed by atoms with Gasteiger partial charge in [0.1, 0.15) is 5.75 Å². The summed E-state index contributed by atoms with van der Waals surface area (Å²) in [6.45, 7) is 5.94. The normalized spacial score (nSPS) is 23.4. The third-order valence-corrected chi connectivity index (χ3v) is 3.82. The first-order valence-electron chi connectivity index (χ1n) is 7.30. The fourth-order valence-electron chi connectivity index (χ4n) is 2.88. The molecule has 3 heteroatoms. The highest BCUT2D eigenvalue weighted by molar-refractivity contribution is 5.28. The Morgan fingerprint density at radius 2 is 2.32 bits per heavy atom. The van der Waals surface area contributed by atoms with Crippen molar-refractivity contribution in [2.75, 3.05) is 26.3 Å². The second-order valence-electron chi connectivity index (χ2n) is 5.68. The number of aromatic hydroxyl groups is 1. The van der Waals surface area contributed by atoms with Gasteiger partial charge in [0.25, 0.3) is 0 Å². The molecule has 1 aromatic carbocycles. The van der Waals surface area contributed by atoms with Crippen LogP contribution in [0.4, 0.5) is 0 Å². The number of phenolic OH excluding ortho intramolecular Hbond substituents is 1. The van der Waals surface area contributed by atoms with E-state index in [1.807, 2.05) is 12.1 Å². The molecule has 1 saturated heterocycles. The first-order valence-corrected chi connectivity index (χ1v) is 7.30. The fourth-order valence-corrected chi connectivity index (χ4v) is 2.88. The molecule has 1 aromatic rings. The van der Waals surface area contributed by atoms with Crippen LogP contribution in [0.1, 0.15) is 31.7 Å². The van der Waals surface area contributed by atoms with Crippen LogP contribution < -0.4 is 5.32 Å². The smallest absolute Gasteiger partial charge is 0.115 e. The van der Waals surface area contributed by atoms with Crippen molar-refractivity contribution in [1.29, 1.82) is 0 Å². The van der Waals surface area contributed by atoms with E-state index in [4.69, 9.17) is 4.74 Å². The molecule has 1 unspecified atom stereocenters. The Hall–Kier alpha value is -1.06. The number of ether oxygens (including phenoxy) is 1. The summed E-state index contributed by atoms with van der Waals surface area (Å²) >= 11 is 0. The van der Waals surface area contributed by atoms with E-state index in [0.29, 0.717) is 5.75 Å². The predicted molar refractivity (Wildman–Crippen MR) is 77.5 cm³/mol. The molecule has 0 aliphatic carbocycles. The number of hydrogen-bond donors (Lipinski definition) is 2. The van der Waals surface area contributed by atoms with Gasteiger partial charge in [0.2, 0.25) is 0 Å². The van der Waals surface area contributed by atoms with Gasteiger partial charge in [-0.2, -0.15) is 0 Å². The molecule has 1 aliphatic heterocycles. The molecule has 0 amide bonds. The van der Waals surface area contributed by atoms with Crippen molar-refractivity contribution in [3.8, 4) is 5.75 Å². The molecular formula is C16H25NO2. The van der Waals surface area contributed by atoms with E-state index in [0.717, 1.165) is 45.6 Å². The highest BCUT2D eigenvalue weighted by Crippen LogP contribution is 2.32. The van der Waals surface area contributed by atoms with Crippen molar-refractivity contribution >= 4 is 0 Å². The molecule has 2 rings (SSSR count). The van der Waals surface area contributed by atoms with Crippen LogP contribution in [0.25, 0.3) is 0 Å². The zero-order chi connectivity index (χ0) is 13.6. The molecule has 3 nitrogen and oxygen atoms in total. The second kappa shape index (κ2) is 6.92. The quantitative estimate of drug-likeness (QED) is 0.775. The van der Waals surface area contributed by atoms with Gasteiger partial charge in [-0.3, -0.25) is 0 Å². The molecule has 0 aromatic heterocycles. The van der Waals surface area contributed by atoms with Gasteiger partial charge in [0.15, 0.2) is 0 Å². The van der Waals surface area contributed by atoms with E-state index in [9.17, 15) is 5.11 Å². The van der Waals surface area contributed by atoms with Gasteiger partial charge in [0.05, 0.1) is 6.61 Å². The van der Waals surface area contributed by atoms with Crippen LogP contribution in [0.5, 0.6) is 5.75 Å². The van der Waals surface area contributed by atoms with Gasteiger partial charge in [0, 0.05) is 18.6 Å². The molecule has 0 saturated carbocycles. The minimum absolute atomic E-state index is 0.182. The Labute approximate surface area is 116 Å². The Morgan fingerprint density at radius 3 is 3.00 bits per heavy atom. The molecule has 1 heterocycles. The summed E-state index contributed by atoms with van der Waals surface area (Å²) in [6.07, 6.45) is 4.45. The zero-order valence-electron chi connectivity index (χ0n) is 11.8. The molecule has 106 valence electrons. The first kappa shape index (κ1) is 14.4. The Bertz CT molecular complexity index is 386. The van der Waals surface area contributed by atoms with Crippen molar-refractivity contribution in [3.63, 3.8) is 0 Å². The molecular weight excluding hydrogens is 238 g/mol. The molecule has 2 N–H and O–H groups in total. The fraction of sp³-hybridized carbons (Fsp3) is 0.625. The van der Waals surface area contributed by atoms with Gasteiger partial charge in [-0.25, -0.2) is 0 Å². The monoisotopic (exact) mass is 263 g/mol. The maximum absolute atomic E-state index is 9.59. The molecule has 1 aliphatic rings. The molecule has 1 fully saturated rings. The van der Waals surface area contributed by atoms with Crippen molar-refractivity contribution < 1.29 is 9.84 Å². The van der Waals surface area contributed by atoms with Gasteiger partial charge in [-0.15, -0.1) is 0 Å². The Kier molecular flexibility index (Phi) is 5.23. The summed E-state index contributed by atoms with van der Waals surface area (Å²) in [5, 5.41) is 13.1. The highest BCUT2D eigenvalue weighted by atomic mass is 16.5. The third-order valence-electron chi connectivity index (χ3n) is 3.82. The summed E-state index contributed by atoms with van der Waals surface area (Å²) in [5.74, 6) is 0.353. The minimum Gasteiger partial charge on any atom is -0.508 e. The van der Waals surface area contributed by atoms with Crippen LogP contribution in [-0.4, -0.2) is 31.4 Å². The van der Waals surface area contributed by atoms with Crippen LogP contribution in [-0.2, 0) is 11.2 Å². The number of nitrogens with one attached hydrogen (secondary N) is 1. The van der Waals surface area contributed by atoms with Gasteiger partial charge < -0.3 is 15.2 Å². The van der Waals surface area contributed by atoms with Crippen molar-refractivity contribution in [3.05, 3.63) is 29.8 Å². The van der Waals surface area contributed by atoms with E-state index in [2.05, 4.69) is 18.3 Å². The van der Waals surface area contributed by atoms with Crippen LogP contribution in [0, 0.1) is 5.41 Å². The second-order valence-corrected chi connectivity index (χ2v) is 5.68. The summed E-state index contributed by atoms with van der Waals surface area (Å²) < 4.78 is 5.72. The molecule has 1 atom stereocenters. The molecule has 0 spiro atoms. The van der Waals surface area contributed by atoms with E-state index < -0.39 is 0 Å². The van der Waals surface area contributed by atoms with Gasteiger partial charge >= 0.3 is 0 Å². The number of benzene rings is 1. The lowest BCUT2D eigenvalue weighted by molar-refractivity contribution is -0.00708. The number of phenols is 1. The number of rotatable bonds is 6. The van der Waals surface area contributed by atoms with Crippen molar-refractivity contribution in [1.82, 2.24) is 5.32 Å². The van der Waals surface area contributed by atoms with Crippen LogP contribution in [0.2, 0.25) is 0 Å². The van der Waals surface area contributed by atoms with E-state index in [-0.39, 0.29) is 5.41 Å². The largest absolute Gasteiger partial charge is 0.508 e. The van der Waals surface area contributed by atoms with Gasteiger partial charge in [-0.1, -0.05) is 19.1 Å². The topological polar surface area (TPSA) is 41.5 Å². The summed E-state index contributed by atoms with van der Waals surface area (Å²) in [5.41, 5.74) is 1.38. The lowest BCUT2D eigenvalue weighted by Gasteiger charge is -2.37. The highest BCUT2D eigenvalue weighted by Gasteiger charge is 2.32. The maximum atomic E-state index is 9.59. The molecule has 0 radical (unpaired) electrons. The van der Waals surface area contributed by atoms with Crippen LogP contribution in [0.15, 0.2) is 24.3 Å². The Balaban J connectivity index is 2.04. The van der Waals surface area contributed by atoms with Crippen LogP contribution in [0.3, 0.4) is 0 Å². The molecule has 19 heavy (non-hydrogen) atoms. The summed E-state index contributed by atoms with van der Waals surface area (Å²) in [6, 6.07) is 7.61. The average Bonchev–Trinajstić information content (AvgIpc) is 2.40. The summed E-state index contributed by atoms with van der Waals surface area (Å²) in [7, 11) is 0.